The maximum atomic E-state index is 12.0. The highest BCUT2D eigenvalue weighted by Gasteiger charge is 2.15. The molecule has 146 valence electrons. The Morgan fingerprint density at radius 2 is 1.21 bits per heavy atom. The summed E-state index contributed by atoms with van der Waals surface area (Å²) in [6.45, 7) is 0.105. The summed E-state index contributed by atoms with van der Waals surface area (Å²) >= 11 is 0. The number of hydrogen-bond donors (Lipinski definition) is 2. The Hall–Kier alpha value is -3.82. The van der Waals surface area contributed by atoms with Gasteiger partial charge in [-0.25, -0.2) is 9.36 Å². The van der Waals surface area contributed by atoms with Gasteiger partial charge < -0.3 is 9.47 Å². The molecule has 3 rings (SSSR count). The number of hydrogen-bond acceptors (Lipinski definition) is 6. The Labute approximate surface area is 157 Å². The maximum Gasteiger partial charge on any atom is 0.265 e. The third-order valence-electron chi connectivity index (χ3n) is 4.10. The Kier molecular flexibility index (Phi) is 5.30. The first-order valence-electron chi connectivity index (χ1n) is 8.25. The summed E-state index contributed by atoms with van der Waals surface area (Å²) in [4.78, 5) is 46.9. The molecule has 0 aliphatic rings. The van der Waals surface area contributed by atoms with Gasteiger partial charge in [0.15, 0.2) is 0 Å². The van der Waals surface area contributed by atoms with Crippen molar-refractivity contribution in [3.8, 4) is 11.5 Å². The van der Waals surface area contributed by atoms with Crippen LogP contribution in [0.4, 0.5) is 0 Å². The molecular formula is C18H18N4O6. The van der Waals surface area contributed by atoms with Gasteiger partial charge in [0.05, 0.1) is 32.9 Å². The molecule has 0 atom stereocenters. The number of benzene rings is 1. The van der Waals surface area contributed by atoms with Crippen molar-refractivity contribution in [3.63, 3.8) is 0 Å². The van der Waals surface area contributed by atoms with Crippen LogP contribution in [-0.2, 0) is 13.1 Å². The van der Waals surface area contributed by atoms with Gasteiger partial charge in [0.2, 0.25) is 0 Å². The van der Waals surface area contributed by atoms with Gasteiger partial charge in [0, 0.05) is 24.3 Å². The van der Waals surface area contributed by atoms with Gasteiger partial charge in [-0.1, -0.05) is 0 Å². The maximum absolute atomic E-state index is 12.0. The summed E-state index contributed by atoms with van der Waals surface area (Å²) in [6.07, 6.45) is 0. The van der Waals surface area contributed by atoms with Gasteiger partial charge >= 0.3 is 0 Å². The molecule has 0 spiro atoms. The lowest BCUT2D eigenvalue weighted by Crippen LogP contribution is -2.29. The van der Waals surface area contributed by atoms with Crippen molar-refractivity contribution in [1.29, 1.82) is 0 Å². The van der Waals surface area contributed by atoms with Crippen LogP contribution in [0.1, 0.15) is 11.1 Å². The summed E-state index contributed by atoms with van der Waals surface area (Å²) < 4.78 is 13.1. The van der Waals surface area contributed by atoms with Gasteiger partial charge in [-0.15, -0.1) is 0 Å². The van der Waals surface area contributed by atoms with Gasteiger partial charge in [0.25, 0.3) is 22.2 Å². The second-order valence-electron chi connectivity index (χ2n) is 5.95. The molecule has 0 aliphatic heterocycles. The second-order valence-corrected chi connectivity index (χ2v) is 5.95. The van der Waals surface area contributed by atoms with Crippen LogP contribution in [0.3, 0.4) is 0 Å². The van der Waals surface area contributed by atoms with Crippen molar-refractivity contribution in [3.05, 3.63) is 88.9 Å². The molecule has 0 amide bonds. The minimum atomic E-state index is -0.415. The zero-order valence-electron chi connectivity index (χ0n) is 15.2. The zero-order valence-corrected chi connectivity index (χ0v) is 15.2. The molecule has 1 aromatic carbocycles. The first-order valence-corrected chi connectivity index (χ1v) is 8.25. The molecule has 10 heteroatoms. The number of aromatic nitrogens is 4. The van der Waals surface area contributed by atoms with Crippen LogP contribution in [0.5, 0.6) is 11.5 Å². The minimum absolute atomic E-state index is 0.0175. The fraction of sp³-hybridized carbons (Fsp3) is 0.222. The molecule has 2 N–H and O–H groups in total. The highest BCUT2D eigenvalue weighted by molar-refractivity contribution is 5.48. The van der Waals surface area contributed by atoms with E-state index in [-0.39, 0.29) is 24.2 Å². The van der Waals surface area contributed by atoms with E-state index >= 15 is 0 Å². The Morgan fingerprint density at radius 1 is 0.750 bits per heavy atom. The number of nitrogens with zero attached hydrogens (tertiary/aromatic N) is 2. The Balaban J connectivity index is 2.05. The molecule has 0 saturated heterocycles. The van der Waals surface area contributed by atoms with Crippen molar-refractivity contribution >= 4 is 0 Å². The lowest BCUT2D eigenvalue weighted by molar-refractivity contribution is 0.379. The normalized spacial score (nSPS) is 10.6. The van der Waals surface area contributed by atoms with Crippen molar-refractivity contribution in [2.24, 2.45) is 0 Å². The van der Waals surface area contributed by atoms with Gasteiger partial charge in [0.1, 0.15) is 11.5 Å². The van der Waals surface area contributed by atoms with E-state index in [2.05, 4.69) is 10.2 Å². The minimum Gasteiger partial charge on any atom is -0.496 e. The lowest BCUT2D eigenvalue weighted by atomic mass is 10.1. The van der Waals surface area contributed by atoms with Gasteiger partial charge in [-0.2, -0.15) is 0 Å². The van der Waals surface area contributed by atoms with E-state index in [9.17, 15) is 19.2 Å². The molecule has 0 fully saturated rings. The monoisotopic (exact) mass is 386 g/mol. The Morgan fingerprint density at radius 3 is 1.68 bits per heavy atom. The number of rotatable bonds is 6. The summed E-state index contributed by atoms with van der Waals surface area (Å²) in [5.74, 6) is 0.801. The summed E-state index contributed by atoms with van der Waals surface area (Å²) in [7, 11) is 2.91. The first kappa shape index (κ1) is 19.0. The number of methoxy groups -OCH3 is 2. The average Bonchev–Trinajstić information content (AvgIpc) is 2.68. The Bertz CT molecular complexity index is 1210. The SMILES string of the molecule is COc1cc(Cn2[nH]c(=O)ccc2=O)cc(OC)c1Cn1[nH]c(=O)ccc1=O. The van der Waals surface area contributed by atoms with Crippen molar-refractivity contribution in [2.45, 2.75) is 13.1 Å². The molecule has 2 heterocycles. The number of ether oxygens (including phenoxy) is 2. The zero-order chi connectivity index (χ0) is 20.3. The number of nitrogens with one attached hydrogen (secondary N) is 2. The van der Waals surface area contributed by atoms with Crippen LogP contribution in [0.25, 0.3) is 0 Å². The predicted molar refractivity (Wildman–Crippen MR) is 100 cm³/mol. The van der Waals surface area contributed by atoms with E-state index in [1.54, 1.807) is 12.1 Å². The molecular weight excluding hydrogens is 368 g/mol. The van der Waals surface area contributed by atoms with Crippen molar-refractivity contribution < 1.29 is 9.47 Å². The van der Waals surface area contributed by atoms with Gasteiger partial charge in [-0.05, 0) is 17.7 Å². The van der Waals surface area contributed by atoms with E-state index in [1.807, 2.05) is 0 Å². The smallest absolute Gasteiger partial charge is 0.265 e. The van der Waals surface area contributed by atoms with Crippen LogP contribution in [0.15, 0.2) is 55.6 Å². The summed E-state index contributed by atoms with van der Waals surface area (Å²) in [5.41, 5.74) is -0.401. The highest BCUT2D eigenvalue weighted by Crippen LogP contribution is 2.31. The molecule has 28 heavy (non-hydrogen) atoms. The molecule has 3 aromatic rings. The third kappa shape index (κ3) is 3.95. The molecule has 0 unspecified atom stereocenters. The van der Waals surface area contributed by atoms with E-state index in [4.69, 9.17) is 9.47 Å². The standard InChI is InChI=1S/C18H18N4O6/c1-27-13-7-11(9-21-17(25)5-3-15(23)19-21)8-14(28-2)12(13)10-22-18(26)6-4-16(24)20-22/h3-8H,9-10H2,1-2H3,(H,19,23)(H,20,24). The van der Waals surface area contributed by atoms with E-state index in [0.29, 0.717) is 22.6 Å². The average molecular weight is 386 g/mol. The largest absolute Gasteiger partial charge is 0.496 e. The van der Waals surface area contributed by atoms with Crippen LogP contribution in [0.2, 0.25) is 0 Å². The van der Waals surface area contributed by atoms with E-state index < -0.39 is 11.1 Å². The summed E-state index contributed by atoms with van der Waals surface area (Å²) in [6, 6.07) is 7.99. The summed E-state index contributed by atoms with van der Waals surface area (Å²) in [5, 5.41) is 4.90. The fourth-order valence-electron chi connectivity index (χ4n) is 2.79. The molecule has 0 saturated carbocycles. The van der Waals surface area contributed by atoms with E-state index in [1.165, 1.54) is 26.4 Å². The molecule has 2 aromatic heterocycles. The van der Waals surface area contributed by atoms with Crippen molar-refractivity contribution in [1.82, 2.24) is 19.6 Å². The molecule has 0 aliphatic carbocycles. The first-order chi connectivity index (χ1) is 13.4. The number of H-pyrrole nitrogens is 2. The molecule has 0 bridgehead atoms. The topological polar surface area (TPSA) is 128 Å². The second kappa shape index (κ2) is 7.82. The van der Waals surface area contributed by atoms with Gasteiger partial charge in [-0.3, -0.25) is 29.4 Å². The van der Waals surface area contributed by atoms with Crippen LogP contribution in [0, 0.1) is 0 Å². The quantitative estimate of drug-likeness (QED) is 0.588. The van der Waals surface area contributed by atoms with Crippen LogP contribution in [-0.4, -0.2) is 33.8 Å². The lowest BCUT2D eigenvalue weighted by Gasteiger charge is -2.16. The predicted octanol–water partition coefficient (Wildman–Crippen LogP) is -0.500. The van der Waals surface area contributed by atoms with Crippen molar-refractivity contribution in [2.75, 3.05) is 14.2 Å². The molecule has 0 radical (unpaired) electrons. The van der Waals surface area contributed by atoms with Crippen LogP contribution >= 0.6 is 0 Å². The highest BCUT2D eigenvalue weighted by atomic mass is 16.5. The van der Waals surface area contributed by atoms with Crippen LogP contribution < -0.4 is 31.7 Å². The third-order valence-corrected chi connectivity index (χ3v) is 4.10. The van der Waals surface area contributed by atoms with E-state index in [0.717, 1.165) is 21.5 Å². The molecule has 10 nitrogen and oxygen atoms in total. The number of aromatic amines is 2. The fourth-order valence-corrected chi connectivity index (χ4v) is 2.79.